The van der Waals surface area contributed by atoms with Crippen molar-refractivity contribution in [3.05, 3.63) is 92.4 Å². The maximum Gasteiger partial charge on any atom is 0.279 e. The van der Waals surface area contributed by atoms with E-state index in [4.69, 9.17) is 26.1 Å². The van der Waals surface area contributed by atoms with Crippen LogP contribution in [-0.2, 0) is 23.0 Å². The molecular weight excluding hydrogens is 608 g/mol. The predicted octanol–water partition coefficient (Wildman–Crippen LogP) is 4.21. The number of benzene rings is 2. The number of rotatable bonds is 9. The quantitative estimate of drug-likeness (QED) is 0.247. The van der Waals surface area contributed by atoms with Gasteiger partial charge in [0.2, 0.25) is 11.8 Å². The molecule has 0 saturated carbocycles. The van der Waals surface area contributed by atoms with Crippen molar-refractivity contribution in [2.45, 2.75) is 44.4 Å². The van der Waals surface area contributed by atoms with Gasteiger partial charge in [-0.25, -0.2) is 9.67 Å². The molecule has 3 heterocycles. The Morgan fingerprint density at radius 3 is 2.61 bits per heavy atom. The fourth-order valence-electron chi connectivity index (χ4n) is 6.32. The number of carbonyl (C=O) groups is 2. The van der Waals surface area contributed by atoms with Crippen molar-refractivity contribution in [2.75, 3.05) is 26.1 Å². The van der Waals surface area contributed by atoms with Crippen LogP contribution >= 0.6 is 11.6 Å². The molecule has 3 atom stereocenters. The molecule has 1 aliphatic heterocycles. The Labute approximate surface area is 271 Å². The Balaban J connectivity index is 1.31. The molecule has 12 heteroatoms. The first kappa shape index (κ1) is 31.4. The number of ether oxygens (including phenoxy) is 2. The van der Waals surface area contributed by atoms with Crippen molar-refractivity contribution < 1.29 is 19.1 Å². The van der Waals surface area contributed by atoms with E-state index >= 15 is 0 Å². The van der Waals surface area contributed by atoms with E-state index in [1.54, 1.807) is 20.3 Å². The van der Waals surface area contributed by atoms with E-state index < -0.39 is 11.5 Å². The molecule has 0 bridgehead atoms. The molecule has 2 aliphatic rings. The molecule has 238 valence electrons. The van der Waals surface area contributed by atoms with E-state index in [2.05, 4.69) is 21.0 Å². The average molecular weight is 643 g/mol. The van der Waals surface area contributed by atoms with Crippen molar-refractivity contribution in [1.29, 1.82) is 0 Å². The first-order chi connectivity index (χ1) is 22.2. The first-order valence-electron chi connectivity index (χ1n) is 15.1. The zero-order chi connectivity index (χ0) is 32.5. The van der Waals surface area contributed by atoms with Crippen LogP contribution in [0.25, 0.3) is 22.4 Å². The van der Waals surface area contributed by atoms with Crippen LogP contribution in [0.3, 0.4) is 0 Å². The summed E-state index contributed by atoms with van der Waals surface area (Å²) in [5.41, 5.74) is 5.83. The van der Waals surface area contributed by atoms with Crippen LogP contribution in [-0.4, -0.2) is 59.5 Å². The van der Waals surface area contributed by atoms with Crippen LogP contribution in [0, 0.1) is 6.92 Å². The highest BCUT2D eigenvalue weighted by molar-refractivity contribution is 6.36. The number of halogens is 1. The van der Waals surface area contributed by atoms with E-state index in [0.29, 0.717) is 41.7 Å². The Morgan fingerprint density at radius 1 is 1.11 bits per heavy atom. The van der Waals surface area contributed by atoms with Gasteiger partial charge in [-0.05, 0) is 48.2 Å². The molecule has 4 aromatic rings. The van der Waals surface area contributed by atoms with E-state index in [-0.39, 0.29) is 29.7 Å². The largest absolute Gasteiger partial charge is 0.481 e. The van der Waals surface area contributed by atoms with Gasteiger partial charge >= 0.3 is 0 Å². The molecule has 1 saturated heterocycles. The molecular formula is C34H35ClN6O5. The minimum atomic E-state index is -0.521. The fourth-order valence-corrected chi connectivity index (χ4v) is 6.64. The van der Waals surface area contributed by atoms with Gasteiger partial charge in [0.25, 0.3) is 11.5 Å². The zero-order valence-electron chi connectivity index (χ0n) is 26.0. The van der Waals surface area contributed by atoms with Gasteiger partial charge in [-0.1, -0.05) is 41.9 Å². The first-order valence-corrected chi connectivity index (χ1v) is 15.4. The van der Waals surface area contributed by atoms with Crippen LogP contribution < -0.4 is 26.2 Å². The topological polar surface area (TPSA) is 136 Å². The standard InChI is InChI=1S/C34H35ClN6O5/c1-18-21(7-6-10-25(18)39-32(43)24-13-14-37-41(2)34(24)44)22-8-5-9-23(30(22)35)26-15-19-16-27(45-3)31(29(19)33(40-26)46-4)36-17-20-11-12-28(42)38-20/h5-10,13-15,20,27,31,36H,11-12,16-17H2,1-4H3,(H,38,42)(H,39,43). The van der Waals surface area contributed by atoms with E-state index in [1.165, 1.54) is 19.3 Å². The molecule has 0 radical (unpaired) electrons. The van der Waals surface area contributed by atoms with Crippen molar-refractivity contribution in [3.8, 4) is 28.3 Å². The minimum absolute atomic E-state index is 0.00239. The van der Waals surface area contributed by atoms with Gasteiger partial charge in [0.1, 0.15) is 5.56 Å². The molecule has 11 nitrogen and oxygen atoms in total. The molecule has 6 rings (SSSR count). The minimum Gasteiger partial charge on any atom is -0.481 e. The number of anilines is 1. The Morgan fingerprint density at radius 2 is 1.87 bits per heavy atom. The highest BCUT2D eigenvalue weighted by Crippen LogP contribution is 2.43. The van der Waals surface area contributed by atoms with Crippen molar-refractivity contribution in [2.24, 2.45) is 7.05 Å². The molecule has 0 spiro atoms. The molecule has 46 heavy (non-hydrogen) atoms. The summed E-state index contributed by atoms with van der Waals surface area (Å²) in [6, 6.07) is 14.7. The van der Waals surface area contributed by atoms with Crippen molar-refractivity contribution in [3.63, 3.8) is 0 Å². The molecule has 1 fully saturated rings. The zero-order valence-corrected chi connectivity index (χ0v) is 26.8. The smallest absolute Gasteiger partial charge is 0.279 e. The SMILES string of the molecule is COc1nc(-c2cccc(-c3cccc(NC(=O)c4ccnn(C)c4=O)c3C)c2Cl)cc2c1C(NCC1CCC(=O)N1)C(OC)C2. The van der Waals surface area contributed by atoms with Gasteiger partial charge in [0.05, 0.1) is 30.0 Å². The van der Waals surface area contributed by atoms with Crippen molar-refractivity contribution >= 4 is 29.1 Å². The summed E-state index contributed by atoms with van der Waals surface area (Å²) < 4.78 is 12.8. The van der Waals surface area contributed by atoms with Crippen LogP contribution in [0.4, 0.5) is 5.69 Å². The summed E-state index contributed by atoms with van der Waals surface area (Å²) in [5, 5.41) is 13.8. The lowest BCUT2D eigenvalue weighted by atomic mass is 9.96. The van der Waals surface area contributed by atoms with Gasteiger partial charge in [0.15, 0.2) is 0 Å². The second kappa shape index (κ2) is 13.0. The number of nitrogens with zero attached hydrogens (tertiary/aromatic N) is 3. The normalized spacial score (nSPS) is 18.7. The predicted molar refractivity (Wildman–Crippen MR) is 175 cm³/mol. The summed E-state index contributed by atoms with van der Waals surface area (Å²) in [6.45, 7) is 2.51. The number of fused-ring (bicyclic) bond motifs is 1. The lowest BCUT2D eigenvalue weighted by molar-refractivity contribution is -0.119. The van der Waals surface area contributed by atoms with Crippen LogP contribution in [0.2, 0.25) is 5.02 Å². The molecule has 1 aliphatic carbocycles. The van der Waals surface area contributed by atoms with E-state index in [9.17, 15) is 14.4 Å². The van der Waals surface area contributed by atoms with Crippen LogP contribution in [0.15, 0.2) is 59.5 Å². The molecule has 2 amide bonds. The number of carbonyl (C=O) groups excluding carboxylic acids is 2. The number of methoxy groups -OCH3 is 2. The third kappa shape index (κ3) is 5.89. The molecule has 3 unspecified atom stereocenters. The summed E-state index contributed by atoms with van der Waals surface area (Å²) >= 11 is 7.12. The highest BCUT2D eigenvalue weighted by atomic mass is 35.5. The Kier molecular flexibility index (Phi) is 8.90. The average Bonchev–Trinajstić information content (AvgIpc) is 3.64. The molecule has 2 aromatic heterocycles. The third-order valence-corrected chi connectivity index (χ3v) is 9.18. The lowest BCUT2D eigenvalue weighted by Crippen LogP contribution is -2.40. The molecule has 2 aromatic carbocycles. The van der Waals surface area contributed by atoms with Gasteiger partial charge in [-0.15, -0.1) is 0 Å². The Hall–Kier alpha value is -4.58. The van der Waals surface area contributed by atoms with Crippen LogP contribution in [0.1, 0.15) is 45.9 Å². The summed E-state index contributed by atoms with van der Waals surface area (Å²) in [5.74, 6) is 0.0472. The van der Waals surface area contributed by atoms with Gasteiger partial charge < -0.3 is 25.4 Å². The lowest BCUT2D eigenvalue weighted by Gasteiger charge is -2.23. The van der Waals surface area contributed by atoms with Gasteiger partial charge in [0, 0.05) is 68.2 Å². The number of hydrogen-bond acceptors (Lipinski definition) is 8. The summed E-state index contributed by atoms with van der Waals surface area (Å²) in [6.07, 6.45) is 3.28. The van der Waals surface area contributed by atoms with E-state index in [0.717, 1.165) is 44.5 Å². The molecule has 3 N–H and O–H groups in total. The van der Waals surface area contributed by atoms with Crippen molar-refractivity contribution in [1.82, 2.24) is 25.4 Å². The van der Waals surface area contributed by atoms with Gasteiger partial charge in [-0.3, -0.25) is 14.4 Å². The Bertz CT molecular complexity index is 1890. The number of pyridine rings is 1. The highest BCUT2D eigenvalue weighted by Gasteiger charge is 2.37. The number of aryl methyl sites for hydroxylation is 1. The van der Waals surface area contributed by atoms with Crippen LogP contribution in [0.5, 0.6) is 5.88 Å². The maximum absolute atomic E-state index is 13.0. The number of nitrogens with one attached hydrogen (secondary N) is 3. The number of hydrogen-bond donors (Lipinski definition) is 3. The summed E-state index contributed by atoms with van der Waals surface area (Å²) in [4.78, 5) is 42.1. The fraction of sp³-hybridized carbons (Fsp3) is 0.324. The maximum atomic E-state index is 13.0. The second-order valence-electron chi connectivity index (χ2n) is 11.5. The monoisotopic (exact) mass is 642 g/mol. The second-order valence-corrected chi connectivity index (χ2v) is 11.9. The van der Waals surface area contributed by atoms with E-state index in [1.807, 2.05) is 43.3 Å². The van der Waals surface area contributed by atoms with Gasteiger partial charge in [-0.2, -0.15) is 5.10 Å². The third-order valence-electron chi connectivity index (χ3n) is 8.78. The number of amides is 2. The number of aromatic nitrogens is 3. The summed E-state index contributed by atoms with van der Waals surface area (Å²) in [7, 11) is 4.79.